The van der Waals surface area contributed by atoms with Crippen molar-refractivity contribution in [1.29, 1.82) is 0 Å². The third-order valence-corrected chi connectivity index (χ3v) is 5.06. The van der Waals surface area contributed by atoms with Gasteiger partial charge in [-0.15, -0.1) is 0 Å². The Morgan fingerprint density at radius 1 is 1.23 bits per heavy atom. The van der Waals surface area contributed by atoms with Gasteiger partial charge in [0.15, 0.2) is 0 Å². The van der Waals surface area contributed by atoms with Gasteiger partial charge < -0.3 is 9.31 Å². The van der Waals surface area contributed by atoms with Crippen molar-refractivity contribution in [2.75, 3.05) is 0 Å². The Hall–Kier alpha value is -1.02. The number of rotatable bonds is 3. The summed E-state index contributed by atoms with van der Waals surface area (Å²) in [5.41, 5.74) is -1.05. The molecule has 2 heterocycles. The van der Waals surface area contributed by atoms with Crippen LogP contribution in [0, 0.1) is 5.92 Å². The second-order valence-electron chi connectivity index (χ2n) is 7.16. The summed E-state index contributed by atoms with van der Waals surface area (Å²) in [7, 11) is -0.588. The van der Waals surface area contributed by atoms with E-state index in [1.165, 1.54) is 18.5 Å². The van der Waals surface area contributed by atoms with E-state index in [9.17, 15) is 13.2 Å². The minimum absolute atomic E-state index is 0.253. The van der Waals surface area contributed by atoms with E-state index in [0.29, 0.717) is 6.42 Å². The molecule has 1 aromatic rings. The van der Waals surface area contributed by atoms with Crippen LogP contribution in [-0.2, 0) is 9.31 Å². The first kappa shape index (κ1) is 15.9. The second kappa shape index (κ2) is 4.74. The topological polar surface area (TPSA) is 36.3 Å². The summed E-state index contributed by atoms with van der Waals surface area (Å²) < 4.78 is 52.9. The first-order chi connectivity index (χ1) is 10.0. The maximum absolute atomic E-state index is 13.4. The van der Waals surface area contributed by atoms with Crippen LogP contribution in [0.4, 0.5) is 13.2 Å². The largest absolute Gasteiger partial charge is 0.461 e. The highest BCUT2D eigenvalue weighted by Gasteiger charge is 2.65. The zero-order chi connectivity index (χ0) is 16.3. The average molecular weight is 316 g/mol. The molecule has 22 heavy (non-hydrogen) atoms. The van der Waals surface area contributed by atoms with Crippen molar-refractivity contribution < 1.29 is 22.5 Å². The van der Waals surface area contributed by atoms with E-state index in [1.54, 1.807) is 0 Å². The molecule has 122 valence electrons. The summed E-state index contributed by atoms with van der Waals surface area (Å²) in [4.78, 5) is 0. The molecule has 8 heteroatoms. The van der Waals surface area contributed by atoms with Crippen LogP contribution in [-0.4, -0.2) is 34.3 Å². The van der Waals surface area contributed by atoms with Gasteiger partial charge in [-0.1, -0.05) is 0 Å². The lowest BCUT2D eigenvalue weighted by Gasteiger charge is -2.32. The minimum Gasteiger partial charge on any atom is -0.403 e. The standard InChI is InChI=1S/C14H20BF3N2O2/c1-12(2)13(3,4)22-15(21-12)10-8-9(10)11(14(16,17)18)20-7-5-6-19-20/h5-7,9-11H,8H2,1-4H3/t9-,10-,11?/m0/s1. The number of halogens is 3. The van der Waals surface area contributed by atoms with E-state index < -0.39 is 36.5 Å². The molecule has 3 atom stereocenters. The van der Waals surface area contributed by atoms with Gasteiger partial charge >= 0.3 is 13.3 Å². The van der Waals surface area contributed by atoms with Crippen molar-refractivity contribution >= 4 is 7.12 Å². The monoisotopic (exact) mass is 316 g/mol. The lowest BCUT2D eigenvalue weighted by molar-refractivity contribution is -0.175. The normalized spacial score (nSPS) is 31.3. The van der Waals surface area contributed by atoms with Gasteiger partial charge in [-0.05, 0) is 51.9 Å². The zero-order valence-corrected chi connectivity index (χ0v) is 13.1. The molecule has 2 aliphatic rings. The van der Waals surface area contributed by atoms with Crippen molar-refractivity contribution in [3.05, 3.63) is 18.5 Å². The predicted octanol–water partition coefficient (Wildman–Crippen LogP) is 3.47. The van der Waals surface area contributed by atoms with E-state index in [1.807, 2.05) is 27.7 Å². The van der Waals surface area contributed by atoms with Crippen LogP contribution in [0.3, 0.4) is 0 Å². The van der Waals surface area contributed by atoms with E-state index in [2.05, 4.69) is 5.10 Å². The van der Waals surface area contributed by atoms with E-state index in [4.69, 9.17) is 9.31 Å². The molecule has 1 aromatic heterocycles. The van der Waals surface area contributed by atoms with Gasteiger partial charge in [0.05, 0.1) is 11.2 Å². The predicted molar refractivity (Wildman–Crippen MR) is 75.3 cm³/mol. The number of hydrogen-bond acceptors (Lipinski definition) is 3. The first-order valence-electron chi connectivity index (χ1n) is 7.44. The molecule has 0 spiro atoms. The Bertz CT molecular complexity index is 529. The molecule has 1 saturated carbocycles. The Morgan fingerprint density at radius 2 is 1.82 bits per heavy atom. The zero-order valence-electron chi connectivity index (χ0n) is 13.1. The van der Waals surface area contributed by atoms with Crippen molar-refractivity contribution in [1.82, 2.24) is 9.78 Å². The lowest BCUT2D eigenvalue weighted by Crippen LogP contribution is -2.41. The highest BCUT2D eigenvalue weighted by atomic mass is 19.4. The van der Waals surface area contributed by atoms with Crippen molar-refractivity contribution in [2.45, 2.75) is 63.4 Å². The molecule has 1 saturated heterocycles. The maximum Gasteiger partial charge on any atom is 0.461 e. The quantitative estimate of drug-likeness (QED) is 0.801. The van der Waals surface area contributed by atoms with Crippen LogP contribution in [0.2, 0.25) is 5.82 Å². The Kier molecular flexibility index (Phi) is 3.42. The number of aromatic nitrogens is 2. The van der Waals surface area contributed by atoms with Crippen LogP contribution in [0.25, 0.3) is 0 Å². The van der Waals surface area contributed by atoms with E-state index in [-0.39, 0.29) is 5.82 Å². The molecule has 0 aromatic carbocycles. The van der Waals surface area contributed by atoms with Crippen molar-refractivity contribution in [3.63, 3.8) is 0 Å². The molecule has 1 aliphatic heterocycles. The third kappa shape index (κ3) is 2.56. The number of alkyl halides is 3. The Balaban J connectivity index is 1.76. The molecular formula is C14H20BF3N2O2. The second-order valence-corrected chi connectivity index (χ2v) is 7.16. The van der Waals surface area contributed by atoms with Gasteiger partial charge in [0, 0.05) is 12.4 Å². The van der Waals surface area contributed by atoms with Gasteiger partial charge in [0.1, 0.15) is 6.04 Å². The van der Waals surface area contributed by atoms with Gasteiger partial charge in [0.2, 0.25) is 0 Å². The molecule has 1 unspecified atom stereocenters. The Labute approximate surface area is 128 Å². The molecule has 0 radical (unpaired) electrons. The fourth-order valence-corrected chi connectivity index (χ4v) is 3.01. The molecule has 0 bridgehead atoms. The molecule has 2 fully saturated rings. The summed E-state index contributed by atoms with van der Waals surface area (Å²) >= 11 is 0. The van der Waals surface area contributed by atoms with Crippen LogP contribution >= 0.6 is 0 Å². The number of nitrogens with zero attached hydrogens (tertiary/aromatic N) is 2. The van der Waals surface area contributed by atoms with Gasteiger partial charge in [-0.3, -0.25) is 4.68 Å². The fraction of sp³-hybridized carbons (Fsp3) is 0.786. The van der Waals surface area contributed by atoms with Gasteiger partial charge in [-0.2, -0.15) is 18.3 Å². The van der Waals surface area contributed by atoms with Crippen molar-refractivity contribution in [3.8, 4) is 0 Å². The fourth-order valence-electron chi connectivity index (χ4n) is 3.01. The van der Waals surface area contributed by atoms with Gasteiger partial charge in [0.25, 0.3) is 0 Å². The van der Waals surface area contributed by atoms with Crippen molar-refractivity contribution in [2.24, 2.45) is 5.92 Å². The van der Waals surface area contributed by atoms with Crippen LogP contribution in [0.15, 0.2) is 18.5 Å². The maximum atomic E-state index is 13.4. The van der Waals surface area contributed by atoms with Crippen LogP contribution in [0.1, 0.15) is 40.2 Å². The van der Waals surface area contributed by atoms with Crippen LogP contribution < -0.4 is 0 Å². The summed E-state index contributed by atoms with van der Waals surface area (Å²) in [6.45, 7) is 7.61. The van der Waals surface area contributed by atoms with E-state index in [0.717, 1.165) is 4.68 Å². The first-order valence-corrected chi connectivity index (χ1v) is 7.44. The van der Waals surface area contributed by atoms with Crippen LogP contribution in [0.5, 0.6) is 0 Å². The van der Waals surface area contributed by atoms with Gasteiger partial charge in [-0.25, -0.2) is 0 Å². The highest BCUT2D eigenvalue weighted by Crippen LogP contribution is 2.60. The third-order valence-electron chi connectivity index (χ3n) is 5.06. The molecular weight excluding hydrogens is 296 g/mol. The molecule has 3 rings (SSSR count). The summed E-state index contributed by atoms with van der Waals surface area (Å²) in [6, 6.07) is -0.114. The molecule has 1 aliphatic carbocycles. The summed E-state index contributed by atoms with van der Waals surface area (Å²) in [5, 5.41) is 3.78. The highest BCUT2D eigenvalue weighted by molar-refractivity contribution is 6.48. The summed E-state index contributed by atoms with van der Waals surface area (Å²) in [5.74, 6) is -0.813. The minimum atomic E-state index is -4.34. The molecule has 4 nitrogen and oxygen atoms in total. The summed E-state index contributed by atoms with van der Waals surface area (Å²) in [6.07, 6.45) is -1.18. The molecule has 0 N–H and O–H groups in total. The smallest absolute Gasteiger partial charge is 0.403 e. The number of hydrogen-bond donors (Lipinski definition) is 0. The lowest BCUT2D eigenvalue weighted by atomic mass is 9.79. The molecule has 0 amide bonds. The Morgan fingerprint density at radius 3 is 2.27 bits per heavy atom. The SMILES string of the molecule is CC1(C)OB([C@H]2C[C@@H]2C(n2cccn2)C(F)(F)F)OC1(C)C. The average Bonchev–Trinajstić information content (AvgIpc) is 2.82. The van der Waals surface area contributed by atoms with E-state index >= 15 is 0 Å².